The van der Waals surface area contributed by atoms with Crippen LogP contribution in [0.15, 0.2) is 53.4 Å². The van der Waals surface area contributed by atoms with Crippen molar-refractivity contribution in [2.24, 2.45) is 5.92 Å². The number of amides is 1. The number of hydrogen-bond donors (Lipinski definition) is 0. The number of rotatable bonds is 5. The molecule has 2 heterocycles. The highest BCUT2D eigenvalue weighted by atomic mass is 16.3. The maximum Gasteiger partial charge on any atom is 0.254 e. The molecule has 0 saturated carbocycles. The summed E-state index contributed by atoms with van der Waals surface area (Å²) in [5.74, 6) is 1.12. The lowest BCUT2D eigenvalue weighted by Gasteiger charge is -2.23. The Kier molecular flexibility index (Phi) is 4.37. The Morgan fingerprint density at radius 2 is 1.96 bits per heavy atom. The van der Waals surface area contributed by atoms with Crippen LogP contribution in [-0.4, -0.2) is 27.3 Å². The molecular weight excluding hydrogens is 290 g/mol. The molecule has 0 N–H and O–H groups in total. The maximum absolute atomic E-state index is 12.9. The van der Waals surface area contributed by atoms with E-state index in [0.717, 1.165) is 16.8 Å². The van der Waals surface area contributed by atoms with Crippen molar-refractivity contribution in [2.45, 2.75) is 20.4 Å². The number of hydrogen-bond acceptors (Lipinski definition) is 4. The number of carbonyl (C=O) groups is 1. The van der Waals surface area contributed by atoms with Crippen LogP contribution < -0.4 is 0 Å². The van der Waals surface area contributed by atoms with Gasteiger partial charge in [-0.1, -0.05) is 13.8 Å². The molecule has 0 spiro atoms. The Morgan fingerprint density at radius 3 is 2.65 bits per heavy atom. The third-order valence-electron chi connectivity index (χ3n) is 3.52. The van der Waals surface area contributed by atoms with Gasteiger partial charge in [-0.15, -0.1) is 0 Å². The molecule has 0 fully saturated rings. The largest absolute Gasteiger partial charge is 0.467 e. The SMILES string of the molecule is CC(C)CN(Cc1ccco1)C(=O)c1ccc2nccnc2c1. The standard InChI is InChI=1S/C18H19N3O2/c1-13(2)11-21(12-15-4-3-9-23-15)18(22)14-5-6-16-17(10-14)20-8-7-19-16/h3-10,13H,11-12H2,1-2H3. The first kappa shape index (κ1) is 15.2. The quantitative estimate of drug-likeness (QED) is 0.723. The highest BCUT2D eigenvalue weighted by Gasteiger charge is 2.19. The zero-order chi connectivity index (χ0) is 16.2. The zero-order valence-electron chi connectivity index (χ0n) is 13.3. The molecule has 118 valence electrons. The Balaban J connectivity index is 1.88. The third kappa shape index (κ3) is 3.56. The van der Waals surface area contributed by atoms with Crippen LogP contribution in [0, 0.1) is 5.92 Å². The van der Waals surface area contributed by atoms with Crippen LogP contribution in [-0.2, 0) is 6.54 Å². The first-order valence-electron chi connectivity index (χ1n) is 7.66. The van der Waals surface area contributed by atoms with Crippen molar-refractivity contribution in [3.63, 3.8) is 0 Å². The third-order valence-corrected chi connectivity index (χ3v) is 3.52. The van der Waals surface area contributed by atoms with E-state index in [1.165, 1.54) is 0 Å². The highest BCUT2D eigenvalue weighted by molar-refractivity contribution is 5.97. The summed E-state index contributed by atoms with van der Waals surface area (Å²) in [7, 11) is 0. The predicted octanol–water partition coefficient (Wildman–Crippen LogP) is 3.52. The minimum atomic E-state index is -0.0253. The monoisotopic (exact) mass is 309 g/mol. The van der Waals surface area contributed by atoms with Crippen LogP contribution in [0.25, 0.3) is 11.0 Å². The van der Waals surface area contributed by atoms with Gasteiger partial charge in [0.2, 0.25) is 0 Å². The molecule has 1 aromatic carbocycles. The number of furan rings is 1. The van der Waals surface area contributed by atoms with Crippen molar-refractivity contribution < 1.29 is 9.21 Å². The van der Waals surface area contributed by atoms with Crippen LogP contribution in [0.5, 0.6) is 0 Å². The van der Waals surface area contributed by atoms with Crippen LogP contribution >= 0.6 is 0 Å². The van der Waals surface area contributed by atoms with Crippen molar-refractivity contribution in [1.29, 1.82) is 0 Å². The molecule has 5 heteroatoms. The molecular formula is C18H19N3O2. The molecule has 5 nitrogen and oxygen atoms in total. The molecule has 0 saturated heterocycles. The molecule has 23 heavy (non-hydrogen) atoms. The first-order valence-corrected chi connectivity index (χ1v) is 7.66. The van der Waals surface area contributed by atoms with Crippen LogP contribution in [0.2, 0.25) is 0 Å². The summed E-state index contributed by atoms with van der Waals surface area (Å²) >= 11 is 0. The Morgan fingerprint density at radius 1 is 1.17 bits per heavy atom. The summed E-state index contributed by atoms with van der Waals surface area (Å²) < 4.78 is 5.39. The Labute approximate surface area is 135 Å². The van der Waals surface area contributed by atoms with Crippen molar-refractivity contribution in [2.75, 3.05) is 6.54 Å². The molecule has 0 radical (unpaired) electrons. The van der Waals surface area contributed by atoms with E-state index in [2.05, 4.69) is 23.8 Å². The van der Waals surface area contributed by atoms with Crippen LogP contribution in [0.1, 0.15) is 30.0 Å². The molecule has 1 amide bonds. The fourth-order valence-electron chi connectivity index (χ4n) is 2.53. The van der Waals surface area contributed by atoms with Gasteiger partial charge in [-0.25, -0.2) is 0 Å². The molecule has 0 aliphatic rings. The van der Waals surface area contributed by atoms with Gasteiger partial charge in [0.25, 0.3) is 5.91 Å². The van der Waals surface area contributed by atoms with Gasteiger partial charge >= 0.3 is 0 Å². The second-order valence-electron chi connectivity index (χ2n) is 5.92. The van der Waals surface area contributed by atoms with E-state index in [-0.39, 0.29) is 5.91 Å². The second-order valence-corrected chi connectivity index (χ2v) is 5.92. The minimum absolute atomic E-state index is 0.0253. The summed E-state index contributed by atoms with van der Waals surface area (Å²) in [5.41, 5.74) is 2.12. The lowest BCUT2D eigenvalue weighted by atomic mass is 10.1. The Hall–Kier alpha value is -2.69. The molecule has 2 aromatic heterocycles. The number of aromatic nitrogens is 2. The Bertz CT molecular complexity index is 797. The first-order chi connectivity index (χ1) is 11.1. The highest BCUT2D eigenvalue weighted by Crippen LogP contribution is 2.16. The predicted molar refractivity (Wildman–Crippen MR) is 87.8 cm³/mol. The molecule has 0 bridgehead atoms. The van der Waals surface area contributed by atoms with E-state index in [9.17, 15) is 4.79 Å². The van der Waals surface area contributed by atoms with Gasteiger partial charge < -0.3 is 9.32 Å². The minimum Gasteiger partial charge on any atom is -0.467 e. The van der Waals surface area contributed by atoms with Gasteiger partial charge in [0.05, 0.1) is 23.8 Å². The van der Waals surface area contributed by atoms with Gasteiger partial charge in [-0.05, 0) is 36.2 Å². The zero-order valence-corrected chi connectivity index (χ0v) is 13.3. The summed E-state index contributed by atoms with van der Waals surface area (Å²) in [4.78, 5) is 23.2. The van der Waals surface area contributed by atoms with Gasteiger partial charge in [0.1, 0.15) is 5.76 Å². The van der Waals surface area contributed by atoms with Crippen molar-refractivity contribution >= 4 is 16.9 Å². The van der Waals surface area contributed by atoms with E-state index in [1.807, 2.05) is 18.2 Å². The average Bonchev–Trinajstić information content (AvgIpc) is 3.06. The molecule has 0 aliphatic carbocycles. The van der Waals surface area contributed by atoms with Crippen molar-refractivity contribution in [1.82, 2.24) is 14.9 Å². The molecule has 0 unspecified atom stereocenters. The lowest BCUT2D eigenvalue weighted by Crippen LogP contribution is -2.33. The fraction of sp³-hybridized carbons (Fsp3) is 0.278. The van der Waals surface area contributed by atoms with Crippen LogP contribution in [0.3, 0.4) is 0 Å². The molecule has 0 aliphatic heterocycles. The van der Waals surface area contributed by atoms with E-state index in [1.54, 1.807) is 35.7 Å². The molecule has 3 rings (SSSR count). The number of carbonyl (C=O) groups excluding carboxylic acids is 1. The summed E-state index contributed by atoms with van der Waals surface area (Å²) in [6.07, 6.45) is 4.90. The van der Waals surface area contributed by atoms with Crippen molar-refractivity contribution in [3.05, 3.63) is 60.3 Å². The number of nitrogens with zero attached hydrogens (tertiary/aromatic N) is 3. The normalized spacial score (nSPS) is 11.1. The fourth-order valence-corrected chi connectivity index (χ4v) is 2.53. The van der Waals surface area contributed by atoms with E-state index in [4.69, 9.17) is 4.42 Å². The maximum atomic E-state index is 12.9. The van der Waals surface area contributed by atoms with Gasteiger partial charge in [-0.3, -0.25) is 14.8 Å². The summed E-state index contributed by atoms with van der Waals surface area (Å²) in [5, 5.41) is 0. The van der Waals surface area contributed by atoms with E-state index >= 15 is 0 Å². The van der Waals surface area contributed by atoms with Crippen LogP contribution in [0.4, 0.5) is 0 Å². The average molecular weight is 309 g/mol. The smallest absolute Gasteiger partial charge is 0.254 e. The van der Waals surface area contributed by atoms with Gasteiger partial charge in [-0.2, -0.15) is 0 Å². The molecule has 3 aromatic rings. The summed E-state index contributed by atoms with van der Waals surface area (Å²) in [6, 6.07) is 9.14. The lowest BCUT2D eigenvalue weighted by molar-refractivity contribution is 0.0710. The second kappa shape index (κ2) is 6.60. The number of fused-ring (bicyclic) bond motifs is 1. The van der Waals surface area contributed by atoms with Gasteiger partial charge in [0.15, 0.2) is 0 Å². The molecule has 0 atom stereocenters. The van der Waals surface area contributed by atoms with Crippen molar-refractivity contribution in [3.8, 4) is 0 Å². The van der Waals surface area contributed by atoms with Gasteiger partial charge in [0, 0.05) is 24.5 Å². The van der Waals surface area contributed by atoms with E-state index in [0.29, 0.717) is 24.6 Å². The van der Waals surface area contributed by atoms with E-state index < -0.39 is 0 Å². The topological polar surface area (TPSA) is 59.2 Å². The summed E-state index contributed by atoms with van der Waals surface area (Å²) in [6.45, 7) is 5.31. The number of benzene rings is 1.